The summed E-state index contributed by atoms with van der Waals surface area (Å²) >= 11 is 0. The lowest BCUT2D eigenvalue weighted by atomic mass is 9.68. The van der Waals surface area contributed by atoms with Gasteiger partial charge >= 0.3 is 0 Å². The lowest BCUT2D eigenvalue weighted by molar-refractivity contribution is 0.0712. The minimum atomic E-state index is 0.217. The van der Waals surface area contributed by atoms with Crippen LogP contribution in [0.1, 0.15) is 19.3 Å². The Morgan fingerprint density at radius 3 is 2.57 bits per heavy atom. The molecule has 0 bridgehead atoms. The molecule has 1 aliphatic rings. The number of nitrogens with two attached hydrogens (primary N) is 1. The van der Waals surface area contributed by atoms with Gasteiger partial charge in [-0.1, -0.05) is 12.5 Å². The fraction of sp³-hybridized carbons (Fsp3) is 0.818. The maximum atomic E-state index is 8.92. The van der Waals surface area contributed by atoms with Gasteiger partial charge in [-0.15, -0.1) is 6.58 Å². The molecule has 0 aromatic heterocycles. The van der Waals surface area contributed by atoms with Crippen LogP contribution >= 0.6 is 0 Å². The van der Waals surface area contributed by atoms with Crippen molar-refractivity contribution in [3.63, 3.8) is 0 Å². The minimum Gasteiger partial charge on any atom is -0.395 e. The van der Waals surface area contributed by atoms with Crippen LogP contribution in [0.4, 0.5) is 0 Å². The first-order valence-corrected chi connectivity index (χ1v) is 5.40. The summed E-state index contributed by atoms with van der Waals surface area (Å²) in [6.07, 6.45) is 5.67. The smallest absolute Gasteiger partial charge is 0.0558 e. The Balaban J connectivity index is 2.39. The van der Waals surface area contributed by atoms with Crippen LogP contribution in [0, 0.1) is 5.41 Å². The largest absolute Gasteiger partial charge is 0.395 e. The van der Waals surface area contributed by atoms with Gasteiger partial charge in [0.1, 0.15) is 0 Å². The third kappa shape index (κ3) is 2.80. The first-order valence-electron chi connectivity index (χ1n) is 5.40. The number of hydrogen-bond acceptors (Lipinski definition) is 3. The SMILES string of the molecule is C=CCN(CCO)CC1(CN)CCC1. The zero-order valence-electron chi connectivity index (χ0n) is 8.91. The predicted molar refractivity (Wildman–Crippen MR) is 59.1 cm³/mol. The lowest BCUT2D eigenvalue weighted by Crippen LogP contribution is -2.47. The van der Waals surface area contributed by atoms with Crippen molar-refractivity contribution < 1.29 is 5.11 Å². The first-order chi connectivity index (χ1) is 6.76. The van der Waals surface area contributed by atoms with Crippen molar-refractivity contribution in [2.45, 2.75) is 19.3 Å². The topological polar surface area (TPSA) is 49.5 Å². The molecule has 1 fully saturated rings. The molecular weight excluding hydrogens is 176 g/mol. The number of aliphatic hydroxyl groups excluding tert-OH is 1. The molecule has 82 valence electrons. The van der Waals surface area contributed by atoms with E-state index in [-0.39, 0.29) is 6.61 Å². The van der Waals surface area contributed by atoms with Gasteiger partial charge in [0.2, 0.25) is 0 Å². The molecule has 0 atom stereocenters. The molecule has 0 unspecified atom stereocenters. The van der Waals surface area contributed by atoms with E-state index in [1.807, 2.05) is 6.08 Å². The summed E-state index contributed by atoms with van der Waals surface area (Å²) in [6, 6.07) is 0. The highest BCUT2D eigenvalue weighted by molar-refractivity contribution is 4.92. The molecule has 0 aromatic rings. The van der Waals surface area contributed by atoms with Gasteiger partial charge < -0.3 is 10.8 Å². The van der Waals surface area contributed by atoms with Crippen molar-refractivity contribution in [3.05, 3.63) is 12.7 Å². The van der Waals surface area contributed by atoms with Gasteiger partial charge in [0, 0.05) is 19.6 Å². The summed E-state index contributed by atoms with van der Waals surface area (Å²) in [6.45, 7) is 7.30. The first kappa shape index (κ1) is 11.7. The van der Waals surface area contributed by atoms with Crippen LogP contribution in [0.5, 0.6) is 0 Å². The van der Waals surface area contributed by atoms with Gasteiger partial charge in [-0.3, -0.25) is 4.90 Å². The third-order valence-corrected chi connectivity index (χ3v) is 3.21. The van der Waals surface area contributed by atoms with Gasteiger partial charge in [0.05, 0.1) is 6.61 Å². The van der Waals surface area contributed by atoms with E-state index >= 15 is 0 Å². The van der Waals surface area contributed by atoms with Crippen LogP contribution in [0.15, 0.2) is 12.7 Å². The van der Waals surface area contributed by atoms with Gasteiger partial charge in [-0.25, -0.2) is 0 Å². The van der Waals surface area contributed by atoms with Crippen LogP contribution in [0.3, 0.4) is 0 Å². The molecule has 0 saturated heterocycles. The summed E-state index contributed by atoms with van der Waals surface area (Å²) in [5.41, 5.74) is 6.13. The van der Waals surface area contributed by atoms with Crippen LogP contribution in [-0.2, 0) is 0 Å². The van der Waals surface area contributed by atoms with Crippen molar-refractivity contribution in [2.24, 2.45) is 11.1 Å². The second-order valence-corrected chi connectivity index (χ2v) is 4.31. The fourth-order valence-electron chi connectivity index (χ4n) is 2.14. The molecule has 0 spiro atoms. The van der Waals surface area contributed by atoms with Crippen LogP contribution in [0.25, 0.3) is 0 Å². The van der Waals surface area contributed by atoms with E-state index in [2.05, 4.69) is 11.5 Å². The summed E-state index contributed by atoms with van der Waals surface area (Å²) in [5.74, 6) is 0. The summed E-state index contributed by atoms with van der Waals surface area (Å²) in [5, 5.41) is 8.92. The van der Waals surface area contributed by atoms with Crippen molar-refractivity contribution in [1.29, 1.82) is 0 Å². The summed E-state index contributed by atoms with van der Waals surface area (Å²) < 4.78 is 0. The Morgan fingerprint density at radius 1 is 1.50 bits per heavy atom. The Hall–Kier alpha value is -0.380. The van der Waals surface area contributed by atoms with E-state index < -0.39 is 0 Å². The molecule has 0 amide bonds. The predicted octanol–water partition coefficient (Wildman–Crippen LogP) is 0.596. The van der Waals surface area contributed by atoms with Crippen molar-refractivity contribution in [1.82, 2.24) is 4.90 Å². The van der Waals surface area contributed by atoms with Crippen LogP contribution in [-0.4, -0.2) is 42.8 Å². The Morgan fingerprint density at radius 2 is 2.21 bits per heavy atom. The highest BCUT2D eigenvalue weighted by Gasteiger charge is 2.36. The van der Waals surface area contributed by atoms with Crippen molar-refractivity contribution >= 4 is 0 Å². The number of aliphatic hydroxyl groups is 1. The maximum Gasteiger partial charge on any atom is 0.0558 e. The van der Waals surface area contributed by atoms with Crippen molar-refractivity contribution in [3.8, 4) is 0 Å². The molecule has 0 aromatic carbocycles. The highest BCUT2D eigenvalue weighted by Crippen LogP contribution is 2.40. The highest BCUT2D eigenvalue weighted by atomic mass is 16.3. The van der Waals surface area contributed by atoms with Crippen LogP contribution < -0.4 is 5.73 Å². The Bertz CT molecular complexity index is 173. The Kier molecular flexibility index (Phi) is 4.58. The monoisotopic (exact) mass is 198 g/mol. The summed E-state index contributed by atoms with van der Waals surface area (Å²) in [4.78, 5) is 2.24. The molecule has 1 saturated carbocycles. The van der Waals surface area contributed by atoms with E-state index in [9.17, 15) is 0 Å². The Labute approximate surface area is 86.6 Å². The standard InChI is InChI=1S/C11H22N2O/c1-2-6-13(7-8-14)10-11(9-12)4-3-5-11/h2,14H,1,3-10,12H2. The molecule has 1 rings (SSSR count). The van der Waals surface area contributed by atoms with Crippen LogP contribution in [0.2, 0.25) is 0 Å². The van der Waals surface area contributed by atoms with E-state index in [0.717, 1.165) is 26.2 Å². The molecule has 14 heavy (non-hydrogen) atoms. The lowest BCUT2D eigenvalue weighted by Gasteiger charge is -2.44. The number of rotatable bonds is 7. The average Bonchev–Trinajstić information content (AvgIpc) is 2.12. The maximum absolute atomic E-state index is 8.92. The fourth-order valence-corrected chi connectivity index (χ4v) is 2.14. The number of hydrogen-bond donors (Lipinski definition) is 2. The quantitative estimate of drug-likeness (QED) is 0.589. The van der Waals surface area contributed by atoms with Gasteiger partial charge in [0.25, 0.3) is 0 Å². The minimum absolute atomic E-state index is 0.217. The molecule has 3 heteroatoms. The van der Waals surface area contributed by atoms with Gasteiger partial charge in [0.15, 0.2) is 0 Å². The normalized spacial score (nSPS) is 19.4. The van der Waals surface area contributed by atoms with Gasteiger partial charge in [-0.2, -0.15) is 0 Å². The zero-order chi connectivity index (χ0) is 10.4. The second kappa shape index (κ2) is 5.49. The van der Waals surface area contributed by atoms with Gasteiger partial charge in [-0.05, 0) is 24.8 Å². The van der Waals surface area contributed by atoms with Crippen molar-refractivity contribution in [2.75, 3.05) is 32.8 Å². The second-order valence-electron chi connectivity index (χ2n) is 4.31. The van der Waals surface area contributed by atoms with E-state index in [4.69, 9.17) is 10.8 Å². The average molecular weight is 198 g/mol. The molecule has 0 aliphatic heterocycles. The molecule has 3 N–H and O–H groups in total. The third-order valence-electron chi connectivity index (χ3n) is 3.21. The molecule has 3 nitrogen and oxygen atoms in total. The summed E-state index contributed by atoms with van der Waals surface area (Å²) in [7, 11) is 0. The molecular formula is C11H22N2O. The molecule has 0 radical (unpaired) electrons. The van der Waals surface area contributed by atoms with E-state index in [1.54, 1.807) is 0 Å². The molecule has 0 heterocycles. The van der Waals surface area contributed by atoms with E-state index in [0.29, 0.717) is 5.41 Å². The van der Waals surface area contributed by atoms with E-state index in [1.165, 1.54) is 19.3 Å². The number of nitrogens with zero attached hydrogens (tertiary/aromatic N) is 1. The molecule has 1 aliphatic carbocycles. The zero-order valence-corrected chi connectivity index (χ0v) is 8.91.